The van der Waals surface area contributed by atoms with Gasteiger partial charge in [0, 0.05) is 37.3 Å². The summed E-state index contributed by atoms with van der Waals surface area (Å²) < 4.78 is 24.1. The molecule has 1 aromatic carbocycles. The number of benzene rings is 1. The van der Waals surface area contributed by atoms with E-state index in [4.69, 9.17) is 18.9 Å². The summed E-state index contributed by atoms with van der Waals surface area (Å²) in [6, 6.07) is 7.80. The summed E-state index contributed by atoms with van der Waals surface area (Å²) in [5.74, 6) is 1.66. The van der Waals surface area contributed by atoms with E-state index in [0.29, 0.717) is 18.3 Å². The van der Waals surface area contributed by atoms with Crippen molar-refractivity contribution in [3.8, 4) is 5.75 Å². The summed E-state index contributed by atoms with van der Waals surface area (Å²) in [6.07, 6.45) is 5.94. The van der Waals surface area contributed by atoms with Gasteiger partial charge in [-0.2, -0.15) is 0 Å². The van der Waals surface area contributed by atoms with E-state index in [1.54, 1.807) is 7.11 Å². The van der Waals surface area contributed by atoms with Gasteiger partial charge in [-0.1, -0.05) is 20.8 Å². The average Bonchev–Trinajstić information content (AvgIpc) is 3.30. The van der Waals surface area contributed by atoms with E-state index in [1.165, 1.54) is 13.8 Å². The van der Waals surface area contributed by atoms with Crippen LogP contribution in [0, 0.1) is 46.3 Å². The Kier molecular flexibility index (Phi) is 7.95. The highest BCUT2D eigenvalue weighted by Crippen LogP contribution is 2.70. The fourth-order valence-corrected chi connectivity index (χ4v) is 10.9. The van der Waals surface area contributed by atoms with Gasteiger partial charge in [0.15, 0.2) is 0 Å². The zero-order valence-corrected chi connectivity index (χ0v) is 26.6. The Bertz CT molecular complexity index is 1230. The molecule has 0 amide bonds. The second-order valence-corrected chi connectivity index (χ2v) is 14.7. The minimum atomic E-state index is -0.316. The first kappa shape index (κ1) is 30.3. The van der Waals surface area contributed by atoms with Gasteiger partial charge in [0.2, 0.25) is 0 Å². The Hall–Kier alpha value is -2.77. The van der Waals surface area contributed by atoms with E-state index >= 15 is 0 Å². The smallest absolute Gasteiger partial charge is 0.306 e. The van der Waals surface area contributed by atoms with Gasteiger partial charge in [-0.25, -0.2) is 0 Å². The number of hydrogen-bond donors (Lipinski definition) is 1. The van der Waals surface area contributed by atoms with Gasteiger partial charge in [0.1, 0.15) is 24.1 Å². The lowest BCUT2D eigenvalue weighted by Crippen LogP contribution is -2.71. The zero-order chi connectivity index (χ0) is 30.7. The minimum absolute atomic E-state index is 0.0836. The van der Waals surface area contributed by atoms with Crippen molar-refractivity contribution < 1.29 is 33.3 Å². The summed E-state index contributed by atoms with van der Waals surface area (Å²) in [5, 5.41) is 3.93. The first-order chi connectivity index (χ1) is 20.4. The second-order valence-electron chi connectivity index (χ2n) is 14.7. The molecule has 0 aromatic heterocycles. The van der Waals surface area contributed by atoms with E-state index in [2.05, 4.69) is 26.1 Å². The fourth-order valence-electron chi connectivity index (χ4n) is 10.9. The van der Waals surface area contributed by atoms with Crippen molar-refractivity contribution >= 4 is 23.6 Å². The third-order valence-electron chi connectivity index (χ3n) is 12.6. The van der Waals surface area contributed by atoms with Crippen molar-refractivity contribution in [3.05, 3.63) is 24.3 Å². The summed E-state index contributed by atoms with van der Waals surface area (Å²) in [5.41, 5.74) is 0.579. The SMILES string of the molecule is COc1ccc(N[C@@H]2[C@H]3[C@@H]([C@H](OC(C)=O)C[C@@H]4C[C@H](OC(C)=O)CC[C@@]43C)[C@@H]3CC[C@@H]4[C@H](C)CCC(=O)O[C@@H]2[C@]43C)cc1. The molecule has 0 bridgehead atoms. The van der Waals surface area contributed by atoms with Gasteiger partial charge in [-0.15, -0.1) is 0 Å². The van der Waals surface area contributed by atoms with Crippen LogP contribution in [-0.4, -0.2) is 49.4 Å². The van der Waals surface area contributed by atoms with Crippen molar-refractivity contribution in [2.75, 3.05) is 12.4 Å². The molecule has 1 heterocycles. The molecule has 236 valence electrons. The van der Waals surface area contributed by atoms with Crippen molar-refractivity contribution in [2.24, 2.45) is 46.3 Å². The van der Waals surface area contributed by atoms with Crippen molar-refractivity contribution in [1.29, 1.82) is 0 Å². The second kappa shape index (κ2) is 11.3. The standard InChI is InChI=1S/C35H49NO7/c1-19-7-14-29(39)43-33-32(36-23-8-10-24(40-6)11-9-23)31-30(27-13-12-26(19)35(27,33)5)28(42-21(3)38)18-22-17-25(41-20(2)37)15-16-34(22,31)4/h8-11,19,22,25-28,30-33,36H,7,12-18H2,1-6H3/t19-,22+,25-,26-,27+,28-,30-,31-,32-,33+,34+,35-/m1/s1. The predicted molar refractivity (Wildman–Crippen MR) is 161 cm³/mol. The minimum Gasteiger partial charge on any atom is -0.497 e. The van der Waals surface area contributed by atoms with Crippen LogP contribution in [0.5, 0.6) is 5.75 Å². The molecule has 0 spiro atoms. The van der Waals surface area contributed by atoms with Crippen molar-refractivity contribution in [1.82, 2.24) is 0 Å². The molecule has 8 heteroatoms. The molecule has 0 radical (unpaired) electrons. The number of esters is 3. The number of fused-ring (bicyclic) bond motifs is 4. The van der Waals surface area contributed by atoms with Crippen LogP contribution in [0.2, 0.25) is 0 Å². The van der Waals surface area contributed by atoms with Crippen LogP contribution >= 0.6 is 0 Å². The molecular weight excluding hydrogens is 546 g/mol. The lowest BCUT2D eigenvalue weighted by molar-refractivity contribution is -0.231. The third-order valence-corrected chi connectivity index (χ3v) is 12.6. The van der Waals surface area contributed by atoms with E-state index in [-0.39, 0.29) is 76.8 Å². The summed E-state index contributed by atoms with van der Waals surface area (Å²) >= 11 is 0. The maximum Gasteiger partial charge on any atom is 0.306 e. The van der Waals surface area contributed by atoms with Crippen molar-refractivity contribution in [3.63, 3.8) is 0 Å². The average molecular weight is 596 g/mol. The van der Waals surface area contributed by atoms with Gasteiger partial charge in [-0.3, -0.25) is 14.4 Å². The highest BCUT2D eigenvalue weighted by Gasteiger charge is 2.71. The zero-order valence-electron chi connectivity index (χ0n) is 26.6. The lowest BCUT2D eigenvalue weighted by Gasteiger charge is -2.66. The summed E-state index contributed by atoms with van der Waals surface area (Å²) in [6.45, 7) is 10.1. The van der Waals surface area contributed by atoms with Crippen LogP contribution < -0.4 is 10.1 Å². The molecular formula is C35H49NO7. The van der Waals surface area contributed by atoms with E-state index < -0.39 is 0 Å². The Morgan fingerprint density at radius 2 is 1.65 bits per heavy atom. The Balaban J connectivity index is 1.49. The maximum atomic E-state index is 13.4. The first-order valence-corrected chi connectivity index (χ1v) is 16.4. The van der Waals surface area contributed by atoms with Gasteiger partial charge in [-0.05, 0) is 104 Å². The molecule has 8 nitrogen and oxygen atoms in total. The first-order valence-electron chi connectivity index (χ1n) is 16.4. The Labute approximate surface area is 255 Å². The number of methoxy groups -OCH3 is 1. The number of carbonyl (C=O) groups is 3. The molecule has 1 saturated heterocycles. The molecule has 0 unspecified atom stereocenters. The van der Waals surface area contributed by atoms with Crippen LogP contribution in [0.25, 0.3) is 0 Å². The number of anilines is 1. The summed E-state index contributed by atoms with van der Waals surface area (Å²) in [4.78, 5) is 38.0. The molecule has 4 saturated carbocycles. The normalized spacial score (nSPS) is 43.4. The number of nitrogens with one attached hydrogen (secondary N) is 1. The van der Waals surface area contributed by atoms with Gasteiger partial charge in [0.25, 0.3) is 0 Å². The quantitative estimate of drug-likeness (QED) is 0.319. The van der Waals surface area contributed by atoms with E-state index in [0.717, 1.165) is 56.4 Å². The molecule has 6 rings (SSSR count). The van der Waals surface area contributed by atoms with Crippen molar-refractivity contribution in [2.45, 2.75) is 110 Å². The van der Waals surface area contributed by atoms with Crippen LogP contribution in [0.3, 0.4) is 0 Å². The van der Waals surface area contributed by atoms with E-state index in [9.17, 15) is 14.4 Å². The molecule has 5 aliphatic rings. The highest BCUT2D eigenvalue weighted by atomic mass is 16.6. The number of rotatable bonds is 5. The number of carbonyl (C=O) groups excluding carboxylic acids is 3. The Morgan fingerprint density at radius 3 is 2.33 bits per heavy atom. The molecule has 4 aliphatic carbocycles. The van der Waals surface area contributed by atoms with Crippen LogP contribution in [0.4, 0.5) is 5.69 Å². The highest BCUT2D eigenvalue weighted by molar-refractivity contribution is 5.70. The molecule has 43 heavy (non-hydrogen) atoms. The molecule has 5 fully saturated rings. The summed E-state index contributed by atoms with van der Waals surface area (Å²) in [7, 11) is 1.66. The van der Waals surface area contributed by atoms with Crippen LogP contribution in [0.1, 0.15) is 86.0 Å². The topological polar surface area (TPSA) is 100 Å². The number of ether oxygens (including phenoxy) is 4. The fraction of sp³-hybridized carbons (Fsp3) is 0.743. The monoisotopic (exact) mass is 595 g/mol. The van der Waals surface area contributed by atoms with Crippen LogP contribution in [0.15, 0.2) is 24.3 Å². The van der Waals surface area contributed by atoms with Gasteiger partial charge >= 0.3 is 17.9 Å². The third kappa shape index (κ3) is 5.10. The molecule has 1 N–H and O–H groups in total. The lowest BCUT2D eigenvalue weighted by atomic mass is 9.41. The van der Waals surface area contributed by atoms with Gasteiger partial charge in [0.05, 0.1) is 13.2 Å². The van der Waals surface area contributed by atoms with E-state index in [1.807, 2.05) is 24.3 Å². The van der Waals surface area contributed by atoms with Crippen LogP contribution in [-0.2, 0) is 28.6 Å². The number of hydrogen-bond acceptors (Lipinski definition) is 8. The Morgan fingerprint density at radius 1 is 0.953 bits per heavy atom. The largest absolute Gasteiger partial charge is 0.497 e. The predicted octanol–water partition coefficient (Wildman–Crippen LogP) is 6.17. The molecule has 1 aromatic rings. The molecule has 1 aliphatic heterocycles. The van der Waals surface area contributed by atoms with Gasteiger partial charge < -0.3 is 24.3 Å². The maximum absolute atomic E-state index is 13.4. The molecule has 12 atom stereocenters.